The molecule has 2 aromatic rings. The predicted molar refractivity (Wildman–Crippen MR) is 83.2 cm³/mol. The van der Waals surface area contributed by atoms with E-state index in [-0.39, 0.29) is 22.8 Å². The molecule has 0 unspecified atom stereocenters. The van der Waals surface area contributed by atoms with Crippen LogP contribution in [0, 0.1) is 0 Å². The number of hydrogen-bond acceptors (Lipinski definition) is 5. The van der Waals surface area contributed by atoms with E-state index in [1.165, 1.54) is 12.1 Å². The Morgan fingerprint density at radius 2 is 1.55 bits per heavy atom. The van der Waals surface area contributed by atoms with Crippen LogP contribution in [0.5, 0.6) is 0 Å². The maximum absolute atomic E-state index is 12.0. The number of carbonyl (C=O) groups is 1. The van der Waals surface area contributed by atoms with E-state index in [4.69, 9.17) is 0 Å². The minimum atomic E-state index is -3.95. The molecule has 0 spiro atoms. The summed E-state index contributed by atoms with van der Waals surface area (Å²) in [6.07, 6.45) is -0.00563. The maximum atomic E-state index is 12.0. The summed E-state index contributed by atoms with van der Waals surface area (Å²) in [5.41, 5.74) is 0.830. The van der Waals surface area contributed by atoms with Crippen LogP contribution in [0.4, 0.5) is 0 Å². The summed E-state index contributed by atoms with van der Waals surface area (Å²) in [5.74, 6) is -0.150. The first-order valence-electron chi connectivity index (χ1n) is 6.59. The van der Waals surface area contributed by atoms with Crippen molar-refractivity contribution < 1.29 is 17.5 Å². The summed E-state index contributed by atoms with van der Waals surface area (Å²) in [7, 11) is -3.95. The van der Waals surface area contributed by atoms with Crippen molar-refractivity contribution in [2.75, 3.05) is 0 Å². The smallest absolute Gasteiger partial charge is 0.294 e. The summed E-state index contributed by atoms with van der Waals surface area (Å²) in [5, 5.41) is 3.55. The van der Waals surface area contributed by atoms with E-state index in [9.17, 15) is 13.2 Å². The van der Waals surface area contributed by atoms with E-state index >= 15 is 0 Å². The number of ketones is 1. The van der Waals surface area contributed by atoms with Gasteiger partial charge in [-0.15, -0.1) is 0 Å². The van der Waals surface area contributed by atoms with Gasteiger partial charge in [0.05, 0.1) is 12.1 Å². The number of nitrogens with zero attached hydrogens (tertiary/aromatic N) is 1. The summed E-state index contributed by atoms with van der Waals surface area (Å²) in [6, 6.07) is 16.4. The lowest BCUT2D eigenvalue weighted by atomic mass is 10.1. The topological polar surface area (TPSA) is 72.8 Å². The van der Waals surface area contributed by atoms with Gasteiger partial charge in [-0.05, 0) is 19.1 Å². The molecule has 0 bridgehead atoms. The van der Waals surface area contributed by atoms with Crippen LogP contribution in [-0.2, 0) is 14.4 Å². The Kier molecular flexibility index (Phi) is 5.06. The van der Waals surface area contributed by atoms with Crippen LogP contribution in [-0.4, -0.2) is 19.9 Å². The van der Waals surface area contributed by atoms with Crippen molar-refractivity contribution in [3.8, 4) is 0 Å². The monoisotopic (exact) mass is 317 g/mol. The second-order valence-corrected chi connectivity index (χ2v) is 6.16. The largest absolute Gasteiger partial charge is 0.358 e. The molecule has 5 nitrogen and oxygen atoms in total. The number of benzene rings is 2. The van der Waals surface area contributed by atoms with Crippen molar-refractivity contribution in [1.82, 2.24) is 0 Å². The molecular formula is C16H15NO4S. The highest BCUT2D eigenvalue weighted by molar-refractivity contribution is 7.86. The molecule has 2 aromatic carbocycles. The van der Waals surface area contributed by atoms with Crippen LogP contribution in [0.3, 0.4) is 0 Å². The first kappa shape index (κ1) is 15.9. The zero-order valence-corrected chi connectivity index (χ0v) is 12.8. The highest BCUT2D eigenvalue weighted by Crippen LogP contribution is 2.12. The molecule has 0 aromatic heterocycles. The van der Waals surface area contributed by atoms with Crippen molar-refractivity contribution in [3.05, 3.63) is 66.2 Å². The minimum Gasteiger partial charge on any atom is -0.294 e. The molecule has 0 aliphatic carbocycles. The molecule has 0 heterocycles. The van der Waals surface area contributed by atoms with Gasteiger partial charge in [0.25, 0.3) is 0 Å². The highest BCUT2D eigenvalue weighted by atomic mass is 32.2. The fraction of sp³-hybridized carbons (Fsp3) is 0.125. The first-order chi connectivity index (χ1) is 10.5. The molecule has 2 rings (SSSR count). The molecule has 114 valence electrons. The lowest BCUT2D eigenvalue weighted by Crippen LogP contribution is -2.08. The van der Waals surface area contributed by atoms with Crippen molar-refractivity contribution >= 4 is 21.6 Å². The Hall–Kier alpha value is -2.47. The van der Waals surface area contributed by atoms with Crippen LogP contribution in [0.15, 0.2) is 70.7 Å². The van der Waals surface area contributed by atoms with Gasteiger partial charge < -0.3 is 0 Å². The summed E-state index contributed by atoms with van der Waals surface area (Å²) in [4.78, 5) is 12.0. The van der Waals surface area contributed by atoms with Crippen molar-refractivity contribution in [2.24, 2.45) is 5.16 Å². The SMILES string of the molecule is C/C(CC(=O)c1ccccc1)=N\OS(=O)(=O)c1ccccc1. The fourth-order valence-electron chi connectivity index (χ4n) is 1.73. The molecule has 0 atom stereocenters. The molecule has 0 fully saturated rings. The lowest BCUT2D eigenvalue weighted by molar-refractivity contribution is 0.0999. The number of Topliss-reactive ketones (excluding diaryl/α,β-unsaturated/α-hetero) is 1. The zero-order valence-electron chi connectivity index (χ0n) is 12.0. The van der Waals surface area contributed by atoms with Crippen LogP contribution in [0.25, 0.3) is 0 Å². The Morgan fingerprint density at radius 3 is 2.14 bits per heavy atom. The molecule has 0 aliphatic heterocycles. The Labute approximate surface area is 129 Å². The van der Waals surface area contributed by atoms with Gasteiger partial charge in [-0.3, -0.25) is 9.08 Å². The van der Waals surface area contributed by atoms with E-state index in [2.05, 4.69) is 9.44 Å². The van der Waals surface area contributed by atoms with Gasteiger partial charge in [-0.1, -0.05) is 53.7 Å². The van der Waals surface area contributed by atoms with Crippen LogP contribution >= 0.6 is 0 Å². The molecule has 0 amide bonds. The van der Waals surface area contributed by atoms with Gasteiger partial charge in [0, 0.05) is 5.56 Å². The van der Waals surface area contributed by atoms with Gasteiger partial charge in [-0.25, -0.2) is 0 Å². The van der Waals surface area contributed by atoms with Crippen molar-refractivity contribution in [3.63, 3.8) is 0 Å². The normalized spacial score (nSPS) is 12.0. The average Bonchev–Trinajstić information content (AvgIpc) is 2.55. The van der Waals surface area contributed by atoms with Crippen LogP contribution in [0.2, 0.25) is 0 Å². The van der Waals surface area contributed by atoms with E-state index in [0.717, 1.165) is 0 Å². The molecule has 22 heavy (non-hydrogen) atoms. The summed E-state index contributed by atoms with van der Waals surface area (Å²) >= 11 is 0. The van der Waals surface area contributed by atoms with Gasteiger partial charge in [0.1, 0.15) is 4.90 Å². The molecule has 0 saturated carbocycles. The first-order valence-corrected chi connectivity index (χ1v) is 8.00. The molecule has 0 N–H and O–H groups in total. The second kappa shape index (κ2) is 7.00. The number of hydrogen-bond donors (Lipinski definition) is 0. The fourth-order valence-corrected chi connectivity index (χ4v) is 2.54. The molecule has 6 heteroatoms. The number of carbonyl (C=O) groups excluding carboxylic acids is 1. The quantitative estimate of drug-likeness (QED) is 0.466. The third kappa shape index (κ3) is 4.26. The standard InChI is InChI=1S/C16H15NO4S/c1-13(12-16(18)14-8-4-2-5-9-14)17-21-22(19,20)15-10-6-3-7-11-15/h2-11H,12H2,1H3/b17-13+. The third-order valence-electron chi connectivity index (χ3n) is 2.84. The number of rotatable bonds is 6. The average molecular weight is 317 g/mol. The summed E-state index contributed by atoms with van der Waals surface area (Å²) in [6.45, 7) is 1.54. The third-order valence-corrected chi connectivity index (χ3v) is 3.96. The van der Waals surface area contributed by atoms with E-state index in [1.54, 1.807) is 49.4 Å². The van der Waals surface area contributed by atoms with Gasteiger partial charge in [0.2, 0.25) is 0 Å². The Balaban J connectivity index is 2.03. The predicted octanol–water partition coefficient (Wildman–Crippen LogP) is 3.04. The van der Waals surface area contributed by atoms with Crippen LogP contribution < -0.4 is 0 Å². The zero-order chi connectivity index (χ0) is 16.0. The minimum absolute atomic E-state index is 0.00563. The number of oxime groups is 1. The van der Waals surface area contributed by atoms with E-state index in [0.29, 0.717) is 5.56 Å². The van der Waals surface area contributed by atoms with E-state index in [1.807, 2.05) is 6.07 Å². The molecule has 0 saturated heterocycles. The van der Waals surface area contributed by atoms with Gasteiger partial charge in [0.15, 0.2) is 5.78 Å². The van der Waals surface area contributed by atoms with Gasteiger partial charge in [-0.2, -0.15) is 8.42 Å². The Bertz CT molecular complexity index is 768. The molecule has 0 aliphatic rings. The van der Waals surface area contributed by atoms with Gasteiger partial charge >= 0.3 is 10.1 Å². The maximum Gasteiger partial charge on any atom is 0.358 e. The lowest BCUT2D eigenvalue weighted by Gasteiger charge is -2.03. The molecular weight excluding hydrogens is 302 g/mol. The van der Waals surface area contributed by atoms with Crippen LogP contribution in [0.1, 0.15) is 23.7 Å². The Morgan fingerprint density at radius 1 is 1.00 bits per heavy atom. The summed E-state index contributed by atoms with van der Waals surface area (Å²) < 4.78 is 28.4. The highest BCUT2D eigenvalue weighted by Gasteiger charge is 2.15. The van der Waals surface area contributed by atoms with Crippen molar-refractivity contribution in [2.45, 2.75) is 18.2 Å². The van der Waals surface area contributed by atoms with E-state index < -0.39 is 10.1 Å². The molecule has 0 radical (unpaired) electrons. The van der Waals surface area contributed by atoms with Crippen molar-refractivity contribution in [1.29, 1.82) is 0 Å². The second-order valence-electron chi connectivity index (χ2n) is 4.63.